The standard InChI is InChI=1S/C21H18N4O3S/c1-13-22-16(12-29-13)10-19(26)23-15-8-6-14(7-9-15)21(28)25-11-20(27)24-17-4-2-3-5-18(17)25/h2-9,12H,10-11H2,1H3,(H,23,26)(H,24,27). The molecule has 0 atom stereocenters. The summed E-state index contributed by atoms with van der Waals surface area (Å²) in [5.74, 6) is -0.683. The number of fused-ring (bicyclic) bond motifs is 1. The molecule has 1 aliphatic rings. The van der Waals surface area contributed by atoms with E-state index >= 15 is 0 Å². The van der Waals surface area contributed by atoms with Gasteiger partial charge in [-0.3, -0.25) is 19.3 Å². The van der Waals surface area contributed by atoms with Crippen molar-refractivity contribution in [1.82, 2.24) is 4.98 Å². The Morgan fingerprint density at radius 1 is 1.17 bits per heavy atom. The third kappa shape index (κ3) is 4.17. The van der Waals surface area contributed by atoms with Crippen LogP contribution in [0.25, 0.3) is 0 Å². The van der Waals surface area contributed by atoms with Gasteiger partial charge in [0.2, 0.25) is 11.8 Å². The zero-order chi connectivity index (χ0) is 20.4. The number of hydrogen-bond donors (Lipinski definition) is 2. The average molecular weight is 406 g/mol. The van der Waals surface area contributed by atoms with Crippen LogP contribution in [0.1, 0.15) is 21.1 Å². The van der Waals surface area contributed by atoms with E-state index in [1.807, 2.05) is 18.4 Å². The quantitative estimate of drug-likeness (QED) is 0.696. The number of carbonyl (C=O) groups excluding carboxylic acids is 3. The number of aryl methyl sites for hydroxylation is 1. The highest BCUT2D eigenvalue weighted by molar-refractivity contribution is 7.09. The van der Waals surface area contributed by atoms with Crippen molar-refractivity contribution in [3.63, 3.8) is 0 Å². The molecule has 146 valence electrons. The van der Waals surface area contributed by atoms with E-state index in [4.69, 9.17) is 0 Å². The molecule has 0 spiro atoms. The number of amides is 3. The van der Waals surface area contributed by atoms with Gasteiger partial charge in [0.25, 0.3) is 5.91 Å². The smallest absolute Gasteiger partial charge is 0.258 e. The van der Waals surface area contributed by atoms with Crippen LogP contribution in [-0.2, 0) is 16.0 Å². The van der Waals surface area contributed by atoms with Crippen molar-refractivity contribution in [3.8, 4) is 0 Å². The monoisotopic (exact) mass is 406 g/mol. The molecule has 3 amide bonds. The van der Waals surface area contributed by atoms with E-state index in [9.17, 15) is 14.4 Å². The first-order valence-electron chi connectivity index (χ1n) is 9.01. The molecule has 1 aromatic heterocycles. The lowest BCUT2D eigenvalue weighted by Gasteiger charge is -2.29. The predicted molar refractivity (Wildman–Crippen MR) is 112 cm³/mol. The predicted octanol–water partition coefficient (Wildman–Crippen LogP) is 3.23. The number of nitrogens with one attached hydrogen (secondary N) is 2. The van der Waals surface area contributed by atoms with Gasteiger partial charge in [-0.25, -0.2) is 4.98 Å². The van der Waals surface area contributed by atoms with Crippen molar-refractivity contribution in [2.24, 2.45) is 0 Å². The van der Waals surface area contributed by atoms with Gasteiger partial charge < -0.3 is 10.6 Å². The second-order valence-electron chi connectivity index (χ2n) is 6.62. The maximum atomic E-state index is 12.9. The fourth-order valence-electron chi connectivity index (χ4n) is 3.13. The Bertz CT molecular complexity index is 1090. The topological polar surface area (TPSA) is 91.4 Å². The van der Waals surface area contributed by atoms with Crippen LogP contribution in [-0.4, -0.2) is 29.3 Å². The molecule has 0 fully saturated rings. The summed E-state index contributed by atoms with van der Waals surface area (Å²) in [6.45, 7) is 1.85. The number of benzene rings is 2. The number of para-hydroxylation sites is 2. The van der Waals surface area contributed by atoms with Crippen LogP contribution in [0.4, 0.5) is 17.1 Å². The largest absolute Gasteiger partial charge is 0.326 e. The lowest BCUT2D eigenvalue weighted by molar-refractivity contribution is -0.116. The highest BCUT2D eigenvalue weighted by Crippen LogP contribution is 2.30. The van der Waals surface area contributed by atoms with Crippen molar-refractivity contribution in [3.05, 3.63) is 70.2 Å². The van der Waals surface area contributed by atoms with Crippen LogP contribution in [0.3, 0.4) is 0 Å². The lowest BCUT2D eigenvalue weighted by atomic mass is 10.1. The number of nitrogens with zero attached hydrogens (tertiary/aromatic N) is 2. The van der Waals surface area contributed by atoms with E-state index in [1.165, 1.54) is 16.2 Å². The summed E-state index contributed by atoms with van der Waals surface area (Å²) in [7, 11) is 0. The zero-order valence-electron chi connectivity index (χ0n) is 15.6. The molecule has 0 saturated carbocycles. The molecule has 0 aliphatic carbocycles. The molecule has 2 N–H and O–H groups in total. The molecule has 3 aromatic rings. The van der Waals surface area contributed by atoms with Crippen molar-refractivity contribution in [1.29, 1.82) is 0 Å². The summed E-state index contributed by atoms with van der Waals surface area (Å²) < 4.78 is 0. The molecule has 0 saturated heterocycles. The first-order chi connectivity index (χ1) is 14.0. The fourth-order valence-corrected chi connectivity index (χ4v) is 3.74. The molecule has 2 heterocycles. The van der Waals surface area contributed by atoms with Gasteiger partial charge in [0.05, 0.1) is 28.5 Å². The second-order valence-corrected chi connectivity index (χ2v) is 7.68. The summed E-state index contributed by atoms with van der Waals surface area (Å²) in [4.78, 5) is 42.8. The number of hydrogen-bond acceptors (Lipinski definition) is 5. The molecule has 2 aromatic carbocycles. The van der Waals surface area contributed by atoms with E-state index < -0.39 is 0 Å². The molecule has 8 heteroatoms. The first kappa shape index (κ1) is 18.8. The average Bonchev–Trinajstić information content (AvgIpc) is 3.11. The van der Waals surface area contributed by atoms with Crippen LogP contribution in [0.2, 0.25) is 0 Å². The Labute approximate surface area is 171 Å². The normalized spacial score (nSPS) is 12.9. The number of rotatable bonds is 4. The second kappa shape index (κ2) is 7.84. The van der Waals surface area contributed by atoms with Crippen LogP contribution in [0.5, 0.6) is 0 Å². The van der Waals surface area contributed by atoms with E-state index in [-0.39, 0.29) is 30.7 Å². The Balaban J connectivity index is 1.46. The molecular formula is C21H18N4O3S. The van der Waals surface area contributed by atoms with Crippen LogP contribution >= 0.6 is 11.3 Å². The first-order valence-corrected chi connectivity index (χ1v) is 9.89. The van der Waals surface area contributed by atoms with Crippen molar-refractivity contribution >= 4 is 46.1 Å². The molecule has 29 heavy (non-hydrogen) atoms. The Kier molecular flexibility index (Phi) is 5.09. The molecule has 0 radical (unpaired) electrons. The third-order valence-electron chi connectivity index (χ3n) is 4.44. The molecule has 0 bridgehead atoms. The highest BCUT2D eigenvalue weighted by atomic mass is 32.1. The number of aromatic nitrogens is 1. The SMILES string of the molecule is Cc1nc(CC(=O)Nc2ccc(C(=O)N3CC(=O)Nc4ccccc43)cc2)cs1. The maximum Gasteiger partial charge on any atom is 0.258 e. The Morgan fingerprint density at radius 2 is 1.93 bits per heavy atom. The molecule has 7 nitrogen and oxygen atoms in total. The Hall–Kier alpha value is -3.52. The van der Waals surface area contributed by atoms with Gasteiger partial charge in [-0.2, -0.15) is 0 Å². The van der Waals surface area contributed by atoms with Crippen LogP contribution in [0, 0.1) is 6.92 Å². The molecular weight excluding hydrogens is 388 g/mol. The van der Waals surface area contributed by atoms with Gasteiger partial charge in [0.1, 0.15) is 6.54 Å². The van der Waals surface area contributed by atoms with Crippen LogP contribution in [0.15, 0.2) is 53.9 Å². The molecule has 0 unspecified atom stereocenters. The Morgan fingerprint density at radius 3 is 2.66 bits per heavy atom. The summed E-state index contributed by atoms with van der Waals surface area (Å²) >= 11 is 1.51. The lowest BCUT2D eigenvalue weighted by Crippen LogP contribution is -2.42. The van der Waals surface area contributed by atoms with Crippen molar-refractivity contribution in [2.75, 3.05) is 22.1 Å². The van der Waals surface area contributed by atoms with Gasteiger partial charge in [0.15, 0.2) is 0 Å². The summed E-state index contributed by atoms with van der Waals surface area (Å²) in [5, 5.41) is 8.35. The maximum absolute atomic E-state index is 12.9. The van der Waals surface area contributed by atoms with Gasteiger partial charge in [-0.05, 0) is 43.3 Å². The van der Waals surface area contributed by atoms with Gasteiger partial charge in [-0.1, -0.05) is 12.1 Å². The fraction of sp³-hybridized carbons (Fsp3) is 0.143. The number of anilines is 3. The number of carbonyl (C=O) groups is 3. The van der Waals surface area contributed by atoms with E-state index in [0.29, 0.717) is 22.6 Å². The van der Waals surface area contributed by atoms with Gasteiger partial charge in [0, 0.05) is 16.6 Å². The third-order valence-corrected chi connectivity index (χ3v) is 5.26. The van der Waals surface area contributed by atoms with Gasteiger partial charge >= 0.3 is 0 Å². The zero-order valence-corrected chi connectivity index (χ0v) is 16.5. The summed E-state index contributed by atoms with van der Waals surface area (Å²) in [6, 6.07) is 13.8. The van der Waals surface area contributed by atoms with Gasteiger partial charge in [-0.15, -0.1) is 11.3 Å². The van der Waals surface area contributed by atoms with Crippen LogP contribution < -0.4 is 15.5 Å². The minimum atomic E-state index is -0.275. The highest BCUT2D eigenvalue weighted by Gasteiger charge is 2.27. The summed E-state index contributed by atoms with van der Waals surface area (Å²) in [6.07, 6.45) is 0.199. The van der Waals surface area contributed by atoms with Crippen molar-refractivity contribution < 1.29 is 14.4 Å². The van der Waals surface area contributed by atoms with Crippen molar-refractivity contribution in [2.45, 2.75) is 13.3 Å². The van der Waals surface area contributed by atoms with E-state index in [2.05, 4.69) is 15.6 Å². The summed E-state index contributed by atoms with van der Waals surface area (Å²) in [5.41, 5.74) is 3.03. The minimum absolute atomic E-state index is 0.0403. The van der Waals surface area contributed by atoms with E-state index in [0.717, 1.165) is 10.7 Å². The minimum Gasteiger partial charge on any atom is -0.326 e. The molecule has 4 rings (SSSR count). The number of thiazole rings is 1. The molecule has 1 aliphatic heterocycles. The van der Waals surface area contributed by atoms with E-state index in [1.54, 1.807) is 42.5 Å².